The highest BCUT2D eigenvalue weighted by Crippen LogP contribution is 2.24. The van der Waals surface area contributed by atoms with Crippen LogP contribution in [0.15, 0.2) is 0 Å². The van der Waals surface area contributed by atoms with E-state index in [1.165, 1.54) is 43.9 Å². The second-order valence-corrected chi connectivity index (χ2v) is 6.84. The van der Waals surface area contributed by atoms with Gasteiger partial charge in [0.15, 0.2) is 0 Å². The normalized spacial score (nSPS) is 25.2. The van der Waals surface area contributed by atoms with Crippen LogP contribution in [0, 0.1) is 5.92 Å². The minimum Gasteiger partial charge on any atom is -0.379 e. The molecule has 0 radical (unpaired) electrons. The van der Waals surface area contributed by atoms with Gasteiger partial charge in [0.2, 0.25) is 0 Å². The van der Waals surface area contributed by atoms with Gasteiger partial charge in [-0.15, -0.1) is 0 Å². The molecule has 4 heteroatoms. The molecule has 1 atom stereocenters. The van der Waals surface area contributed by atoms with Crippen LogP contribution in [0.1, 0.15) is 26.2 Å². The van der Waals surface area contributed by atoms with Crippen LogP contribution in [0.2, 0.25) is 0 Å². The molecule has 0 aliphatic carbocycles. The molecule has 106 valence electrons. The Hall–Kier alpha value is 0.230. The summed E-state index contributed by atoms with van der Waals surface area (Å²) in [6.45, 7) is 8.70. The molecule has 1 N–H and O–H groups in total. The SMILES string of the molecule is CC(CN1CCOCC1)NCCC1CCSCC1. The van der Waals surface area contributed by atoms with Crippen molar-refractivity contribution in [3.8, 4) is 0 Å². The molecule has 2 saturated heterocycles. The Balaban J connectivity index is 1.52. The van der Waals surface area contributed by atoms with Gasteiger partial charge in [-0.2, -0.15) is 11.8 Å². The summed E-state index contributed by atoms with van der Waals surface area (Å²) in [6.07, 6.45) is 4.24. The first kappa shape index (κ1) is 14.6. The number of nitrogens with zero attached hydrogens (tertiary/aromatic N) is 1. The number of ether oxygens (including phenoxy) is 1. The standard InChI is InChI=1S/C14H28N2OS/c1-13(12-16-6-8-17-9-7-16)15-5-2-14-3-10-18-11-4-14/h13-15H,2-12H2,1H3. The molecule has 2 aliphatic rings. The van der Waals surface area contributed by atoms with Crippen LogP contribution in [-0.2, 0) is 4.74 Å². The topological polar surface area (TPSA) is 24.5 Å². The predicted octanol–water partition coefficient (Wildman–Crippen LogP) is 1.83. The minimum atomic E-state index is 0.612. The fraction of sp³-hybridized carbons (Fsp3) is 1.00. The Morgan fingerprint density at radius 3 is 2.72 bits per heavy atom. The molecule has 2 aliphatic heterocycles. The van der Waals surface area contributed by atoms with Crippen molar-refractivity contribution in [3.05, 3.63) is 0 Å². The molecular formula is C14H28N2OS. The van der Waals surface area contributed by atoms with Gasteiger partial charge in [0, 0.05) is 25.7 Å². The predicted molar refractivity (Wildman–Crippen MR) is 79.4 cm³/mol. The van der Waals surface area contributed by atoms with E-state index in [1.807, 2.05) is 0 Å². The molecule has 0 bridgehead atoms. The Kier molecular flexibility index (Phi) is 6.84. The van der Waals surface area contributed by atoms with Gasteiger partial charge in [-0.25, -0.2) is 0 Å². The summed E-state index contributed by atoms with van der Waals surface area (Å²) in [5.74, 6) is 3.75. The van der Waals surface area contributed by atoms with Crippen molar-refractivity contribution < 1.29 is 4.74 Å². The molecule has 2 rings (SSSR count). The van der Waals surface area contributed by atoms with Crippen LogP contribution in [0.3, 0.4) is 0 Å². The number of hydrogen-bond acceptors (Lipinski definition) is 4. The Bertz CT molecular complexity index is 216. The van der Waals surface area contributed by atoms with Gasteiger partial charge in [-0.3, -0.25) is 4.90 Å². The van der Waals surface area contributed by atoms with E-state index in [1.54, 1.807) is 0 Å². The maximum absolute atomic E-state index is 5.38. The minimum absolute atomic E-state index is 0.612. The Labute approximate surface area is 116 Å². The number of thioether (sulfide) groups is 1. The molecule has 0 saturated carbocycles. The summed E-state index contributed by atoms with van der Waals surface area (Å²) in [5.41, 5.74) is 0. The van der Waals surface area contributed by atoms with Crippen molar-refractivity contribution in [2.75, 3.05) is 50.9 Å². The van der Waals surface area contributed by atoms with E-state index < -0.39 is 0 Å². The van der Waals surface area contributed by atoms with Crippen molar-refractivity contribution in [1.82, 2.24) is 10.2 Å². The molecule has 3 nitrogen and oxygen atoms in total. The van der Waals surface area contributed by atoms with Crippen molar-refractivity contribution >= 4 is 11.8 Å². The first-order chi connectivity index (χ1) is 8.84. The van der Waals surface area contributed by atoms with Crippen molar-refractivity contribution in [2.24, 2.45) is 5.92 Å². The quantitative estimate of drug-likeness (QED) is 0.797. The lowest BCUT2D eigenvalue weighted by molar-refractivity contribution is 0.0343. The maximum atomic E-state index is 5.38. The Morgan fingerprint density at radius 1 is 1.28 bits per heavy atom. The highest BCUT2D eigenvalue weighted by Gasteiger charge is 2.15. The average Bonchev–Trinajstić information content (AvgIpc) is 2.41. The van der Waals surface area contributed by atoms with Gasteiger partial charge in [-0.1, -0.05) is 0 Å². The summed E-state index contributed by atoms with van der Waals surface area (Å²) in [7, 11) is 0. The summed E-state index contributed by atoms with van der Waals surface area (Å²) in [4.78, 5) is 2.51. The highest BCUT2D eigenvalue weighted by molar-refractivity contribution is 7.99. The molecule has 2 fully saturated rings. The number of morpholine rings is 1. The van der Waals surface area contributed by atoms with E-state index in [0.717, 1.165) is 32.2 Å². The second-order valence-electron chi connectivity index (χ2n) is 5.61. The van der Waals surface area contributed by atoms with Crippen LogP contribution >= 0.6 is 11.8 Å². The monoisotopic (exact) mass is 272 g/mol. The van der Waals surface area contributed by atoms with Gasteiger partial charge in [0.25, 0.3) is 0 Å². The molecule has 0 aromatic heterocycles. The van der Waals surface area contributed by atoms with Gasteiger partial charge in [-0.05, 0) is 50.2 Å². The third-order valence-corrected chi connectivity index (χ3v) is 5.07. The summed E-state index contributed by atoms with van der Waals surface area (Å²) in [5, 5.41) is 3.69. The third-order valence-electron chi connectivity index (χ3n) is 4.02. The Morgan fingerprint density at radius 2 is 2.00 bits per heavy atom. The lowest BCUT2D eigenvalue weighted by Gasteiger charge is -2.30. The van der Waals surface area contributed by atoms with Gasteiger partial charge in [0.1, 0.15) is 0 Å². The van der Waals surface area contributed by atoms with Gasteiger partial charge in [0.05, 0.1) is 13.2 Å². The van der Waals surface area contributed by atoms with Crippen LogP contribution in [0.5, 0.6) is 0 Å². The van der Waals surface area contributed by atoms with E-state index in [4.69, 9.17) is 4.74 Å². The summed E-state index contributed by atoms with van der Waals surface area (Å²) < 4.78 is 5.38. The molecule has 0 spiro atoms. The van der Waals surface area contributed by atoms with E-state index in [9.17, 15) is 0 Å². The smallest absolute Gasteiger partial charge is 0.0594 e. The molecule has 1 unspecified atom stereocenters. The number of rotatable bonds is 6. The average molecular weight is 272 g/mol. The second kappa shape index (κ2) is 8.41. The fourth-order valence-electron chi connectivity index (χ4n) is 2.80. The van der Waals surface area contributed by atoms with E-state index in [0.29, 0.717) is 6.04 Å². The lowest BCUT2D eigenvalue weighted by atomic mass is 9.99. The molecule has 0 aromatic carbocycles. The molecular weight excluding hydrogens is 244 g/mol. The van der Waals surface area contributed by atoms with E-state index >= 15 is 0 Å². The molecule has 0 amide bonds. The number of hydrogen-bond donors (Lipinski definition) is 1. The summed E-state index contributed by atoms with van der Waals surface area (Å²) in [6, 6.07) is 0.612. The molecule has 18 heavy (non-hydrogen) atoms. The zero-order valence-electron chi connectivity index (χ0n) is 11.7. The van der Waals surface area contributed by atoms with Crippen LogP contribution < -0.4 is 5.32 Å². The lowest BCUT2D eigenvalue weighted by Crippen LogP contribution is -2.44. The van der Waals surface area contributed by atoms with Crippen molar-refractivity contribution in [3.63, 3.8) is 0 Å². The zero-order valence-corrected chi connectivity index (χ0v) is 12.5. The van der Waals surface area contributed by atoms with Gasteiger partial charge >= 0.3 is 0 Å². The highest BCUT2D eigenvalue weighted by atomic mass is 32.2. The first-order valence-corrected chi connectivity index (χ1v) is 8.61. The summed E-state index contributed by atoms with van der Waals surface area (Å²) >= 11 is 2.12. The van der Waals surface area contributed by atoms with Crippen LogP contribution in [0.25, 0.3) is 0 Å². The van der Waals surface area contributed by atoms with Crippen LogP contribution in [0.4, 0.5) is 0 Å². The zero-order chi connectivity index (χ0) is 12.6. The van der Waals surface area contributed by atoms with E-state index in [2.05, 4.69) is 28.9 Å². The number of nitrogens with one attached hydrogen (secondary N) is 1. The van der Waals surface area contributed by atoms with Crippen molar-refractivity contribution in [1.29, 1.82) is 0 Å². The third kappa shape index (κ3) is 5.47. The largest absolute Gasteiger partial charge is 0.379 e. The van der Waals surface area contributed by atoms with Gasteiger partial charge < -0.3 is 10.1 Å². The van der Waals surface area contributed by atoms with Crippen LogP contribution in [-0.4, -0.2) is 61.8 Å². The molecule has 2 heterocycles. The molecule has 0 aromatic rings. The van der Waals surface area contributed by atoms with Crippen molar-refractivity contribution in [2.45, 2.75) is 32.2 Å². The maximum Gasteiger partial charge on any atom is 0.0594 e. The van der Waals surface area contributed by atoms with E-state index in [-0.39, 0.29) is 0 Å². The fourth-order valence-corrected chi connectivity index (χ4v) is 4.01. The first-order valence-electron chi connectivity index (χ1n) is 7.46.